The third-order valence-corrected chi connectivity index (χ3v) is 3.38. The summed E-state index contributed by atoms with van der Waals surface area (Å²) in [5, 5.41) is 1.29. The number of halogens is 1. The summed E-state index contributed by atoms with van der Waals surface area (Å²) in [6.45, 7) is 0. The highest BCUT2D eigenvalue weighted by Gasteiger charge is 2.09. The topological polar surface area (TPSA) is 34.9 Å². The number of hydrogen-bond acceptors (Lipinski definition) is 2. The van der Waals surface area contributed by atoms with Crippen LogP contribution in [0.1, 0.15) is 0 Å². The maximum Gasteiger partial charge on any atom is 0.281 e. The molecule has 0 aliphatic heterocycles. The molecule has 4 heteroatoms. The predicted molar refractivity (Wildman–Crippen MR) is 77.4 cm³/mol. The molecule has 3 aromatic rings. The highest BCUT2D eigenvalue weighted by atomic mass is 35.5. The molecule has 0 aliphatic rings. The fourth-order valence-electron chi connectivity index (χ4n) is 2.15. The second kappa shape index (κ2) is 4.52. The van der Waals surface area contributed by atoms with Gasteiger partial charge in [-0.1, -0.05) is 23.7 Å². The standard InChI is InChI=1S/C15H11ClN2O/c1-18-13-5-3-2-4-12(13)15(19)17-14(18)10-6-8-11(16)9-7-10/h2-9H,1H3. The number of aryl methyl sites for hydroxylation is 1. The summed E-state index contributed by atoms with van der Waals surface area (Å²) in [4.78, 5) is 16.2. The minimum absolute atomic E-state index is 0.210. The number of benzene rings is 2. The van der Waals surface area contributed by atoms with Gasteiger partial charge in [-0.25, -0.2) is 0 Å². The zero-order valence-corrected chi connectivity index (χ0v) is 11.1. The lowest BCUT2D eigenvalue weighted by molar-refractivity contribution is 0.915. The Balaban J connectivity index is 2.33. The van der Waals surface area contributed by atoms with Crippen molar-refractivity contribution < 1.29 is 0 Å². The molecule has 2 aromatic carbocycles. The van der Waals surface area contributed by atoms with E-state index in [-0.39, 0.29) is 5.56 Å². The van der Waals surface area contributed by atoms with Crippen LogP contribution in [-0.2, 0) is 7.05 Å². The van der Waals surface area contributed by atoms with Gasteiger partial charge in [0.2, 0.25) is 0 Å². The molecule has 1 heterocycles. The SMILES string of the molecule is Cn1c(-c2ccc(Cl)cc2)nc(=O)c2ccccc21. The van der Waals surface area contributed by atoms with Gasteiger partial charge in [0.05, 0.1) is 10.9 Å². The monoisotopic (exact) mass is 270 g/mol. The first-order chi connectivity index (χ1) is 9.16. The van der Waals surface area contributed by atoms with E-state index < -0.39 is 0 Å². The van der Waals surface area contributed by atoms with E-state index >= 15 is 0 Å². The van der Waals surface area contributed by atoms with Gasteiger partial charge < -0.3 is 4.57 Å². The lowest BCUT2D eigenvalue weighted by Gasteiger charge is -2.11. The number of aromatic nitrogens is 2. The van der Waals surface area contributed by atoms with E-state index in [1.54, 1.807) is 18.2 Å². The van der Waals surface area contributed by atoms with Crippen LogP contribution in [0.25, 0.3) is 22.3 Å². The smallest absolute Gasteiger partial charge is 0.281 e. The van der Waals surface area contributed by atoms with Crippen LogP contribution in [0.5, 0.6) is 0 Å². The summed E-state index contributed by atoms with van der Waals surface area (Å²) in [6.07, 6.45) is 0. The minimum atomic E-state index is -0.210. The molecule has 0 saturated heterocycles. The molecular weight excluding hydrogens is 260 g/mol. The van der Waals surface area contributed by atoms with Gasteiger partial charge in [0, 0.05) is 17.6 Å². The Morgan fingerprint density at radius 1 is 1.05 bits per heavy atom. The molecule has 0 fully saturated rings. The average molecular weight is 271 g/mol. The Kier molecular flexibility index (Phi) is 2.84. The second-order valence-corrected chi connectivity index (χ2v) is 4.76. The third-order valence-electron chi connectivity index (χ3n) is 3.12. The summed E-state index contributed by atoms with van der Waals surface area (Å²) in [7, 11) is 1.90. The molecule has 0 aliphatic carbocycles. The van der Waals surface area contributed by atoms with Crippen LogP contribution in [-0.4, -0.2) is 9.55 Å². The van der Waals surface area contributed by atoms with Crippen molar-refractivity contribution >= 4 is 22.5 Å². The van der Waals surface area contributed by atoms with Gasteiger partial charge in [0.15, 0.2) is 0 Å². The molecular formula is C15H11ClN2O. The maximum absolute atomic E-state index is 12.0. The van der Waals surface area contributed by atoms with E-state index in [0.717, 1.165) is 11.1 Å². The fraction of sp³-hybridized carbons (Fsp3) is 0.0667. The Morgan fingerprint density at radius 3 is 2.47 bits per heavy atom. The molecule has 0 atom stereocenters. The summed E-state index contributed by atoms with van der Waals surface area (Å²) in [5.41, 5.74) is 1.53. The van der Waals surface area contributed by atoms with Crippen molar-refractivity contribution in [2.45, 2.75) is 0 Å². The van der Waals surface area contributed by atoms with Crippen molar-refractivity contribution in [3.05, 3.63) is 63.9 Å². The largest absolute Gasteiger partial charge is 0.328 e. The summed E-state index contributed by atoms with van der Waals surface area (Å²) in [5.74, 6) is 0.639. The fourth-order valence-corrected chi connectivity index (χ4v) is 2.28. The van der Waals surface area contributed by atoms with E-state index in [0.29, 0.717) is 16.2 Å². The van der Waals surface area contributed by atoms with E-state index in [1.807, 2.05) is 41.9 Å². The molecule has 0 N–H and O–H groups in total. The van der Waals surface area contributed by atoms with Crippen LogP contribution in [0, 0.1) is 0 Å². The number of para-hydroxylation sites is 1. The average Bonchev–Trinajstić information content (AvgIpc) is 2.44. The lowest BCUT2D eigenvalue weighted by atomic mass is 10.2. The van der Waals surface area contributed by atoms with Crippen LogP contribution < -0.4 is 5.56 Å². The summed E-state index contributed by atoms with van der Waals surface area (Å²) in [6, 6.07) is 14.8. The Bertz CT molecular complexity index is 806. The zero-order valence-electron chi connectivity index (χ0n) is 10.3. The van der Waals surface area contributed by atoms with Gasteiger partial charge in [-0.05, 0) is 36.4 Å². The van der Waals surface area contributed by atoms with Crippen molar-refractivity contribution in [2.75, 3.05) is 0 Å². The van der Waals surface area contributed by atoms with Crippen LogP contribution in [0.4, 0.5) is 0 Å². The van der Waals surface area contributed by atoms with E-state index in [9.17, 15) is 4.79 Å². The Hall–Kier alpha value is -2.13. The van der Waals surface area contributed by atoms with Crippen molar-refractivity contribution in [3.63, 3.8) is 0 Å². The van der Waals surface area contributed by atoms with Gasteiger partial charge >= 0.3 is 0 Å². The van der Waals surface area contributed by atoms with Gasteiger partial charge in [-0.2, -0.15) is 4.98 Å². The minimum Gasteiger partial charge on any atom is -0.328 e. The van der Waals surface area contributed by atoms with Gasteiger partial charge in [-0.15, -0.1) is 0 Å². The summed E-state index contributed by atoms with van der Waals surface area (Å²) >= 11 is 5.88. The normalized spacial score (nSPS) is 10.8. The first kappa shape index (κ1) is 11.9. The van der Waals surface area contributed by atoms with Crippen molar-refractivity contribution in [1.29, 1.82) is 0 Å². The molecule has 1 aromatic heterocycles. The lowest BCUT2D eigenvalue weighted by Crippen LogP contribution is -2.14. The summed E-state index contributed by atoms with van der Waals surface area (Å²) < 4.78 is 1.92. The molecule has 0 unspecified atom stereocenters. The zero-order chi connectivity index (χ0) is 13.4. The first-order valence-electron chi connectivity index (χ1n) is 5.88. The quantitative estimate of drug-likeness (QED) is 0.680. The molecule has 94 valence electrons. The van der Waals surface area contributed by atoms with Crippen molar-refractivity contribution in [2.24, 2.45) is 7.05 Å². The maximum atomic E-state index is 12.0. The van der Waals surface area contributed by atoms with Gasteiger partial charge in [0.1, 0.15) is 5.82 Å². The van der Waals surface area contributed by atoms with Crippen LogP contribution >= 0.6 is 11.6 Å². The molecule has 0 amide bonds. The molecule has 0 saturated carbocycles. The van der Waals surface area contributed by atoms with Crippen molar-refractivity contribution in [3.8, 4) is 11.4 Å². The predicted octanol–water partition coefficient (Wildman–Crippen LogP) is 3.25. The Labute approximate surface area is 115 Å². The van der Waals surface area contributed by atoms with Gasteiger partial charge in [-0.3, -0.25) is 4.79 Å². The Morgan fingerprint density at radius 2 is 1.74 bits per heavy atom. The van der Waals surface area contributed by atoms with Crippen LogP contribution in [0.3, 0.4) is 0 Å². The third kappa shape index (κ3) is 2.02. The number of hydrogen-bond donors (Lipinski definition) is 0. The molecule has 0 spiro atoms. The number of nitrogens with zero attached hydrogens (tertiary/aromatic N) is 2. The van der Waals surface area contributed by atoms with E-state index in [1.165, 1.54) is 0 Å². The molecule has 3 nitrogen and oxygen atoms in total. The van der Waals surface area contributed by atoms with Gasteiger partial charge in [0.25, 0.3) is 5.56 Å². The second-order valence-electron chi connectivity index (χ2n) is 4.32. The van der Waals surface area contributed by atoms with Crippen LogP contribution in [0.2, 0.25) is 5.02 Å². The molecule has 3 rings (SSSR count). The first-order valence-corrected chi connectivity index (χ1v) is 6.26. The molecule has 19 heavy (non-hydrogen) atoms. The van der Waals surface area contributed by atoms with E-state index in [4.69, 9.17) is 11.6 Å². The highest BCUT2D eigenvalue weighted by Crippen LogP contribution is 2.21. The van der Waals surface area contributed by atoms with Crippen LogP contribution in [0.15, 0.2) is 53.3 Å². The number of fused-ring (bicyclic) bond motifs is 1. The van der Waals surface area contributed by atoms with E-state index in [2.05, 4.69) is 4.98 Å². The molecule has 0 bridgehead atoms. The highest BCUT2D eigenvalue weighted by molar-refractivity contribution is 6.30. The number of rotatable bonds is 1. The molecule has 0 radical (unpaired) electrons. The van der Waals surface area contributed by atoms with Crippen molar-refractivity contribution in [1.82, 2.24) is 9.55 Å².